The molecule has 0 aliphatic carbocycles. The fourth-order valence-electron chi connectivity index (χ4n) is 2.59. The molecule has 3 rings (SSSR count). The molecule has 0 aliphatic heterocycles. The Balaban J connectivity index is 2.14. The summed E-state index contributed by atoms with van der Waals surface area (Å²) in [4.78, 5) is 20.7. The Bertz CT molecular complexity index is 915. The van der Waals surface area contributed by atoms with Crippen molar-refractivity contribution in [2.45, 2.75) is 27.7 Å². The van der Waals surface area contributed by atoms with Crippen molar-refractivity contribution in [3.05, 3.63) is 47.0 Å². The van der Waals surface area contributed by atoms with Crippen LogP contribution in [0.4, 0.5) is 11.5 Å². The fourth-order valence-corrected chi connectivity index (χ4v) is 2.59. The van der Waals surface area contributed by atoms with E-state index in [0.29, 0.717) is 34.8 Å². The number of esters is 1. The Hall–Kier alpha value is -2.89. The van der Waals surface area contributed by atoms with Gasteiger partial charge in [-0.05, 0) is 44.9 Å². The number of nitrogens with zero attached hydrogens (tertiary/aromatic N) is 2. The van der Waals surface area contributed by atoms with Gasteiger partial charge in [-0.15, -0.1) is 0 Å². The van der Waals surface area contributed by atoms with Crippen LogP contribution in [0.5, 0.6) is 0 Å². The monoisotopic (exact) mass is 325 g/mol. The van der Waals surface area contributed by atoms with Crippen molar-refractivity contribution >= 4 is 28.6 Å². The van der Waals surface area contributed by atoms with Crippen LogP contribution in [0.25, 0.3) is 11.1 Å². The smallest absolute Gasteiger partial charge is 0.342 e. The van der Waals surface area contributed by atoms with Gasteiger partial charge >= 0.3 is 5.97 Å². The van der Waals surface area contributed by atoms with Crippen molar-refractivity contribution in [2.24, 2.45) is 0 Å². The summed E-state index contributed by atoms with van der Waals surface area (Å²) in [6.07, 6.45) is 1.41. The minimum absolute atomic E-state index is 0.290. The van der Waals surface area contributed by atoms with Crippen LogP contribution in [-0.4, -0.2) is 22.5 Å². The SMILES string of the molecule is CCOC(=O)c1c(C)oc2ncnc(Nc3cc(C)ccc3C)c12. The van der Waals surface area contributed by atoms with Crippen LogP contribution in [-0.2, 0) is 4.74 Å². The molecule has 6 nitrogen and oxygen atoms in total. The second kappa shape index (κ2) is 6.31. The lowest BCUT2D eigenvalue weighted by Crippen LogP contribution is -2.07. The molecule has 0 atom stereocenters. The summed E-state index contributed by atoms with van der Waals surface area (Å²) in [5.74, 6) is 0.550. The van der Waals surface area contributed by atoms with E-state index in [9.17, 15) is 4.79 Å². The first-order valence-corrected chi connectivity index (χ1v) is 7.76. The second-order valence-corrected chi connectivity index (χ2v) is 5.60. The topological polar surface area (TPSA) is 77.2 Å². The molecule has 2 aromatic heterocycles. The highest BCUT2D eigenvalue weighted by Crippen LogP contribution is 2.32. The predicted molar refractivity (Wildman–Crippen MR) is 91.7 cm³/mol. The highest BCUT2D eigenvalue weighted by atomic mass is 16.5. The average molecular weight is 325 g/mol. The Kier molecular flexibility index (Phi) is 4.20. The van der Waals surface area contributed by atoms with Crippen LogP contribution < -0.4 is 5.32 Å². The van der Waals surface area contributed by atoms with Crippen LogP contribution >= 0.6 is 0 Å². The maximum absolute atomic E-state index is 12.3. The van der Waals surface area contributed by atoms with Crippen LogP contribution in [0.1, 0.15) is 34.2 Å². The van der Waals surface area contributed by atoms with Gasteiger partial charge in [0.2, 0.25) is 5.71 Å². The number of aromatic nitrogens is 2. The number of furan rings is 1. The van der Waals surface area contributed by atoms with Crippen molar-refractivity contribution in [1.82, 2.24) is 9.97 Å². The molecule has 0 bridgehead atoms. The van der Waals surface area contributed by atoms with E-state index in [2.05, 4.69) is 15.3 Å². The van der Waals surface area contributed by atoms with Crippen molar-refractivity contribution in [2.75, 3.05) is 11.9 Å². The van der Waals surface area contributed by atoms with Crippen LogP contribution in [0.3, 0.4) is 0 Å². The molecule has 24 heavy (non-hydrogen) atoms. The minimum Gasteiger partial charge on any atom is -0.462 e. The summed E-state index contributed by atoms with van der Waals surface area (Å²) in [7, 11) is 0. The minimum atomic E-state index is -0.437. The molecule has 1 N–H and O–H groups in total. The third-order valence-corrected chi connectivity index (χ3v) is 3.79. The largest absolute Gasteiger partial charge is 0.462 e. The normalized spacial score (nSPS) is 10.8. The number of aryl methyl sites for hydroxylation is 3. The predicted octanol–water partition coefficient (Wildman–Crippen LogP) is 4.07. The molecule has 6 heteroatoms. The van der Waals surface area contributed by atoms with E-state index in [1.165, 1.54) is 6.33 Å². The Morgan fingerprint density at radius 1 is 1.25 bits per heavy atom. The van der Waals surface area contributed by atoms with Gasteiger partial charge in [-0.25, -0.2) is 14.8 Å². The lowest BCUT2D eigenvalue weighted by Gasteiger charge is -2.11. The molecular weight excluding hydrogens is 306 g/mol. The zero-order chi connectivity index (χ0) is 17.3. The van der Waals surface area contributed by atoms with E-state index in [-0.39, 0.29) is 0 Å². The number of benzene rings is 1. The van der Waals surface area contributed by atoms with Gasteiger partial charge in [-0.2, -0.15) is 0 Å². The first-order valence-electron chi connectivity index (χ1n) is 7.76. The van der Waals surface area contributed by atoms with Gasteiger partial charge in [0.05, 0.1) is 12.0 Å². The highest BCUT2D eigenvalue weighted by Gasteiger charge is 2.23. The number of hydrogen-bond donors (Lipinski definition) is 1. The Morgan fingerprint density at radius 3 is 2.79 bits per heavy atom. The quantitative estimate of drug-likeness (QED) is 0.729. The van der Waals surface area contributed by atoms with Crippen LogP contribution in [0.2, 0.25) is 0 Å². The van der Waals surface area contributed by atoms with Gasteiger partial charge in [0.1, 0.15) is 23.5 Å². The molecule has 0 saturated heterocycles. The van der Waals surface area contributed by atoms with Gasteiger partial charge in [0, 0.05) is 5.69 Å². The van der Waals surface area contributed by atoms with Crippen molar-refractivity contribution in [3.8, 4) is 0 Å². The molecule has 0 spiro atoms. The zero-order valence-electron chi connectivity index (χ0n) is 14.1. The number of ether oxygens (including phenoxy) is 1. The molecule has 0 fully saturated rings. The number of carbonyl (C=O) groups excluding carboxylic acids is 1. The first kappa shape index (κ1) is 16.0. The average Bonchev–Trinajstić information content (AvgIpc) is 2.88. The summed E-state index contributed by atoms with van der Waals surface area (Å²) in [6.45, 7) is 7.80. The highest BCUT2D eigenvalue weighted by molar-refractivity contribution is 6.08. The van der Waals surface area contributed by atoms with Gasteiger partial charge in [0.15, 0.2) is 0 Å². The van der Waals surface area contributed by atoms with Gasteiger partial charge < -0.3 is 14.5 Å². The molecule has 0 aliphatic rings. The lowest BCUT2D eigenvalue weighted by molar-refractivity contribution is 0.0526. The summed E-state index contributed by atoms with van der Waals surface area (Å²) < 4.78 is 10.7. The third-order valence-electron chi connectivity index (χ3n) is 3.79. The molecule has 0 saturated carbocycles. The summed E-state index contributed by atoms with van der Waals surface area (Å²) in [6, 6.07) is 6.10. The maximum Gasteiger partial charge on any atom is 0.342 e. The molecule has 0 unspecified atom stereocenters. The number of hydrogen-bond acceptors (Lipinski definition) is 6. The van der Waals surface area contributed by atoms with Gasteiger partial charge in [-0.1, -0.05) is 12.1 Å². The number of carbonyl (C=O) groups is 1. The fraction of sp³-hybridized carbons (Fsp3) is 0.278. The van der Waals surface area contributed by atoms with E-state index in [4.69, 9.17) is 9.15 Å². The van der Waals surface area contributed by atoms with Crippen molar-refractivity contribution in [1.29, 1.82) is 0 Å². The second-order valence-electron chi connectivity index (χ2n) is 5.60. The van der Waals surface area contributed by atoms with Crippen LogP contribution in [0, 0.1) is 20.8 Å². The van der Waals surface area contributed by atoms with E-state index in [0.717, 1.165) is 16.8 Å². The van der Waals surface area contributed by atoms with Crippen LogP contribution in [0.15, 0.2) is 28.9 Å². The molecule has 0 radical (unpaired) electrons. The first-order chi connectivity index (χ1) is 11.5. The van der Waals surface area contributed by atoms with Gasteiger partial charge in [0.25, 0.3) is 0 Å². The van der Waals surface area contributed by atoms with Crippen molar-refractivity contribution in [3.63, 3.8) is 0 Å². The summed E-state index contributed by atoms with van der Waals surface area (Å²) >= 11 is 0. The van der Waals surface area contributed by atoms with Gasteiger partial charge in [-0.3, -0.25) is 0 Å². The third kappa shape index (κ3) is 2.82. The lowest BCUT2D eigenvalue weighted by atomic mass is 10.1. The van der Waals surface area contributed by atoms with E-state index < -0.39 is 5.97 Å². The number of rotatable bonds is 4. The number of nitrogens with one attached hydrogen (secondary N) is 1. The van der Waals surface area contributed by atoms with E-state index in [1.807, 2.05) is 32.0 Å². The number of fused-ring (bicyclic) bond motifs is 1. The zero-order valence-corrected chi connectivity index (χ0v) is 14.1. The standard InChI is InChI=1S/C18H19N3O3/c1-5-23-18(22)14-12(4)24-17-15(14)16(19-9-20-17)21-13-8-10(2)6-7-11(13)3/h6-9H,5H2,1-4H3,(H,19,20,21). The van der Waals surface area contributed by atoms with E-state index in [1.54, 1.807) is 13.8 Å². The summed E-state index contributed by atoms with van der Waals surface area (Å²) in [5.41, 5.74) is 3.84. The number of anilines is 2. The van der Waals surface area contributed by atoms with Crippen molar-refractivity contribution < 1.29 is 13.9 Å². The van der Waals surface area contributed by atoms with E-state index >= 15 is 0 Å². The molecule has 1 aromatic carbocycles. The molecule has 124 valence electrons. The molecule has 2 heterocycles. The molecular formula is C18H19N3O3. The Labute approximate surface area is 139 Å². The summed E-state index contributed by atoms with van der Waals surface area (Å²) in [5, 5.41) is 3.82. The molecule has 3 aromatic rings. The Morgan fingerprint density at radius 2 is 2.04 bits per heavy atom. The molecule has 0 amide bonds. The maximum atomic E-state index is 12.3.